The van der Waals surface area contributed by atoms with Crippen LogP contribution in [0.2, 0.25) is 0 Å². The third-order valence-electron chi connectivity index (χ3n) is 3.07. The average Bonchev–Trinajstić information content (AvgIpc) is 2.38. The molecule has 19 heavy (non-hydrogen) atoms. The molecule has 0 spiro atoms. The van der Waals surface area contributed by atoms with E-state index in [1.54, 1.807) is 13.0 Å². The maximum Gasteiger partial charge on any atom is 0.159 e. The lowest BCUT2D eigenvalue weighted by Crippen LogP contribution is -1.97. The first-order chi connectivity index (χ1) is 9.02. The highest BCUT2D eigenvalue weighted by atomic mass is 16.1. The van der Waals surface area contributed by atoms with E-state index in [0.29, 0.717) is 16.8 Å². The van der Waals surface area contributed by atoms with E-state index < -0.39 is 0 Å². The van der Waals surface area contributed by atoms with Crippen molar-refractivity contribution in [1.82, 2.24) is 4.98 Å². The Bertz CT molecular complexity index is 673. The van der Waals surface area contributed by atoms with Gasteiger partial charge in [-0.2, -0.15) is 5.26 Å². The van der Waals surface area contributed by atoms with Crippen LogP contribution in [0, 0.1) is 25.2 Å². The summed E-state index contributed by atoms with van der Waals surface area (Å²) < 4.78 is 0. The van der Waals surface area contributed by atoms with Gasteiger partial charge in [0, 0.05) is 11.1 Å². The molecule has 0 radical (unpaired) electrons. The Labute approximate surface area is 112 Å². The minimum atomic E-state index is 0.0314. The number of hydrogen-bond acceptors (Lipinski definition) is 3. The van der Waals surface area contributed by atoms with Gasteiger partial charge >= 0.3 is 0 Å². The van der Waals surface area contributed by atoms with Crippen molar-refractivity contribution in [3.63, 3.8) is 0 Å². The molecular weight excluding hydrogens is 236 g/mol. The van der Waals surface area contributed by atoms with Crippen molar-refractivity contribution < 1.29 is 4.79 Å². The predicted molar refractivity (Wildman–Crippen MR) is 73.9 cm³/mol. The fourth-order valence-electron chi connectivity index (χ4n) is 2.05. The van der Waals surface area contributed by atoms with Gasteiger partial charge in [-0.05, 0) is 38.5 Å². The van der Waals surface area contributed by atoms with Gasteiger partial charge in [0.1, 0.15) is 6.07 Å². The summed E-state index contributed by atoms with van der Waals surface area (Å²) in [7, 11) is 0. The van der Waals surface area contributed by atoms with Crippen molar-refractivity contribution in [2.75, 3.05) is 0 Å². The van der Waals surface area contributed by atoms with E-state index in [0.717, 1.165) is 16.8 Å². The molecule has 0 bridgehead atoms. The Morgan fingerprint density at radius 1 is 1.26 bits per heavy atom. The summed E-state index contributed by atoms with van der Waals surface area (Å²) in [6, 6.07) is 11.4. The lowest BCUT2D eigenvalue weighted by Gasteiger charge is -2.07. The van der Waals surface area contributed by atoms with Crippen LogP contribution >= 0.6 is 0 Å². The lowest BCUT2D eigenvalue weighted by atomic mass is 10.0. The molecule has 3 heteroatoms. The summed E-state index contributed by atoms with van der Waals surface area (Å²) >= 11 is 0. The molecule has 0 aliphatic carbocycles. The average molecular weight is 250 g/mol. The van der Waals surface area contributed by atoms with Gasteiger partial charge in [0.25, 0.3) is 0 Å². The summed E-state index contributed by atoms with van der Waals surface area (Å²) in [5.41, 5.74) is 4.58. The number of carbonyl (C=O) groups is 1. The Morgan fingerprint density at radius 3 is 2.58 bits per heavy atom. The van der Waals surface area contributed by atoms with Crippen LogP contribution in [0.15, 0.2) is 30.3 Å². The standard InChI is InChI=1S/C16H14N2O/c1-10-7-16(18-11(2)15(10)9-17)14-6-4-5-13(8-14)12(3)19/h4-8H,1-3H3. The molecule has 94 valence electrons. The van der Waals surface area contributed by atoms with Gasteiger partial charge in [-0.25, -0.2) is 0 Å². The number of pyridine rings is 1. The normalized spacial score (nSPS) is 10.0. The molecule has 0 amide bonds. The van der Waals surface area contributed by atoms with E-state index in [4.69, 9.17) is 5.26 Å². The predicted octanol–water partition coefficient (Wildman–Crippen LogP) is 3.44. The van der Waals surface area contributed by atoms with Crippen LogP contribution in [0.5, 0.6) is 0 Å². The number of aromatic nitrogens is 1. The van der Waals surface area contributed by atoms with E-state index in [2.05, 4.69) is 11.1 Å². The van der Waals surface area contributed by atoms with Gasteiger partial charge in [0.15, 0.2) is 5.78 Å². The maximum atomic E-state index is 11.4. The highest BCUT2D eigenvalue weighted by Gasteiger charge is 2.09. The van der Waals surface area contributed by atoms with Crippen molar-refractivity contribution in [2.45, 2.75) is 20.8 Å². The monoisotopic (exact) mass is 250 g/mol. The molecule has 1 aromatic carbocycles. The van der Waals surface area contributed by atoms with E-state index in [1.807, 2.05) is 38.1 Å². The van der Waals surface area contributed by atoms with E-state index in [-0.39, 0.29) is 5.78 Å². The van der Waals surface area contributed by atoms with Crippen LogP contribution < -0.4 is 0 Å². The van der Waals surface area contributed by atoms with Crippen molar-refractivity contribution in [3.05, 3.63) is 52.7 Å². The second-order valence-electron chi connectivity index (χ2n) is 4.53. The van der Waals surface area contributed by atoms with Gasteiger partial charge in [-0.1, -0.05) is 18.2 Å². The van der Waals surface area contributed by atoms with Crippen LogP contribution in [0.1, 0.15) is 34.1 Å². The molecule has 0 unspecified atom stereocenters. The molecule has 1 heterocycles. The lowest BCUT2D eigenvalue weighted by molar-refractivity contribution is 0.101. The summed E-state index contributed by atoms with van der Waals surface area (Å²) in [4.78, 5) is 15.8. The van der Waals surface area contributed by atoms with Gasteiger partial charge in [0.2, 0.25) is 0 Å². The van der Waals surface area contributed by atoms with E-state index in [1.165, 1.54) is 0 Å². The number of carbonyl (C=O) groups excluding carboxylic acids is 1. The van der Waals surface area contributed by atoms with Gasteiger partial charge in [0.05, 0.1) is 17.0 Å². The Morgan fingerprint density at radius 2 is 2.00 bits per heavy atom. The highest BCUT2D eigenvalue weighted by molar-refractivity contribution is 5.95. The highest BCUT2D eigenvalue weighted by Crippen LogP contribution is 2.22. The molecule has 0 saturated heterocycles. The number of nitriles is 1. The topological polar surface area (TPSA) is 53.8 Å². The number of nitrogens with zero attached hydrogens (tertiary/aromatic N) is 2. The van der Waals surface area contributed by atoms with Gasteiger partial charge in [-0.15, -0.1) is 0 Å². The van der Waals surface area contributed by atoms with Crippen LogP contribution in [0.3, 0.4) is 0 Å². The molecule has 0 fully saturated rings. The second kappa shape index (κ2) is 5.03. The number of rotatable bonds is 2. The molecule has 2 rings (SSSR count). The Kier molecular flexibility index (Phi) is 3.43. The Balaban J connectivity index is 2.57. The zero-order valence-electron chi connectivity index (χ0n) is 11.2. The molecule has 0 aliphatic rings. The first-order valence-corrected chi connectivity index (χ1v) is 6.02. The number of ketones is 1. The molecular formula is C16H14N2O. The van der Waals surface area contributed by atoms with Crippen molar-refractivity contribution in [2.24, 2.45) is 0 Å². The van der Waals surface area contributed by atoms with Crippen LogP contribution in [-0.2, 0) is 0 Å². The SMILES string of the molecule is CC(=O)c1cccc(-c2cc(C)c(C#N)c(C)n2)c1. The molecule has 2 aromatic rings. The smallest absolute Gasteiger partial charge is 0.159 e. The second-order valence-corrected chi connectivity index (χ2v) is 4.53. The molecule has 0 atom stereocenters. The molecule has 0 aliphatic heterocycles. The van der Waals surface area contributed by atoms with Crippen LogP contribution in [0.25, 0.3) is 11.3 Å². The van der Waals surface area contributed by atoms with E-state index in [9.17, 15) is 4.79 Å². The number of Topliss-reactive ketones (excluding diaryl/α,β-unsaturated/α-hetero) is 1. The molecule has 0 saturated carbocycles. The van der Waals surface area contributed by atoms with Gasteiger partial charge in [-0.3, -0.25) is 9.78 Å². The summed E-state index contributed by atoms with van der Waals surface area (Å²) in [6.07, 6.45) is 0. The fourth-order valence-corrected chi connectivity index (χ4v) is 2.05. The number of benzene rings is 1. The largest absolute Gasteiger partial charge is 0.295 e. The summed E-state index contributed by atoms with van der Waals surface area (Å²) in [5, 5.41) is 9.04. The molecule has 1 aromatic heterocycles. The third kappa shape index (κ3) is 2.53. The van der Waals surface area contributed by atoms with Crippen molar-refractivity contribution >= 4 is 5.78 Å². The third-order valence-corrected chi connectivity index (χ3v) is 3.07. The summed E-state index contributed by atoms with van der Waals surface area (Å²) in [5.74, 6) is 0.0314. The minimum Gasteiger partial charge on any atom is -0.295 e. The van der Waals surface area contributed by atoms with Crippen molar-refractivity contribution in [3.8, 4) is 17.3 Å². The first kappa shape index (κ1) is 13.0. The van der Waals surface area contributed by atoms with E-state index >= 15 is 0 Å². The maximum absolute atomic E-state index is 11.4. The van der Waals surface area contributed by atoms with Crippen LogP contribution in [0.4, 0.5) is 0 Å². The minimum absolute atomic E-state index is 0.0314. The van der Waals surface area contributed by atoms with Crippen LogP contribution in [-0.4, -0.2) is 10.8 Å². The summed E-state index contributed by atoms with van der Waals surface area (Å²) in [6.45, 7) is 5.26. The number of aryl methyl sites for hydroxylation is 2. The molecule has 0 N–H and O–H groups in total. The van der Waals surface area contributed by atoms with Gasteiger partial charge < -0.3 is 0 Å². The quantitative estimate of drug-likeness (QED) is 0.767. The Hall–Kier alpha value is -2.47. The zero-order chi connectivity index (χ0) is 14.0. The molecule has 3 nitrogen and oxygen atoms in total. The van der Waals surface area contributed by atoms with Crippen molar-refractivity contribution in [1.29, 1.82) is 5.26 Å². The zero-order valence-corrected chi connectivity index (χ0v) is 11.2. The first-order valence-electron chi connectivity index (χ1n) is 6.02. The fraction of sp³-hybridized carbons (Fsp3) is 0.188. The number of hydrogen-bond donors (Lipinski definition) is 0.